The number of anilines is 1. The maximum atomic E-state index is 12.1. The van der Waals surface area contributed by atoms with Gasteiger partial charge in [0.1, 0.15) is 23.5 Å². The van der Waals surface area contributed by atoms with Crippen molar-refractivity contribution in [3.63, 3.8) is 0 Å². The molecule has 0 aromatic carbocycles. The van der Waals surface area contributed by atoms with Crippen LogP contribution in [-0.2, 0) is 5.54 Å². The van der Waals surface area contributed by atoms with Crippen molar-refractivity contribution in [3.8, 4) is 22.8 Å². The molecule has 38 heavy (non-hydrogen) atoms. The van der Waals surface area contributed by atoms with E-state index in [1.807, 2.05) is 24.7 Å². The number of nitrogens with two attached hydrogens (primary N) is 1. The SMILES string of the molecule is CCNC(=O)N1CC(c2cnc(-c3c(-c4nn(C(C)(C)C)c5ncnc(N)c45)noc3C3CC3)nc2C)C1. The molecule has 1 saturated heterocycles. The smallest absolute Gasteiger partial charge is 0.317 e. The van der Waals surface area contributed by atoms with Crippen LogP contribution in [0.4, 0.5) is 10.6 Å². The van der Waals surface area contributed by atoms with Gasteiger partial charge >= 0.3 is 6.03 Å². The largest absolute Gasteiger partial charge is 0.383 e. The summed E-state index contributed by atoms with van der Waals surface area (Å²) in [6.07, 6.45) is 5.37. The minimum Gasteiger partial charge on any atom is -0.383 e. The molecule has 0 bridgehead atoms. The van der Waals surface area contributed by atoms with Gasteiger partial charge in [-0.1, -0.05) is 5.16 Å². The summed E-state index contributed by atoms with van der Waals surface area (Å²) in [4.78, 5) is 32.3. The number of hydrogen-bond donors (Lipinski definition) is 2. The molecule has 12 heteroatoms. The predicted molar refractivity (Wildman–Crippen MR) is 141 cm³/mol. The van der Waals surface area contributed by atoms with Gasteiger partial charge in [-0.15, -0.1) is 0 Å². The van der Waals surface area contributed by atoms with Crippen LogP contribution in [0.15, 0.2) is 17.0 Å². The Labute approximate surface area is 220 Å². The van der Waals surface area contributed by atoms with E-state index in [1.54, 1.807) is 4.90 Å². The van der Waals surface area contributed by atoms with Gasteiger partial charge in [0.25, 0.3) is 0 Å². The molecule has 0 spiro atoms. The zero-order valence-electron chi connectivity index (χ0n) is 22.3. The van der Waals surface area contributed by atoms with Gasteiger partial charge in [0.05, 0.1) is 16.5 Å². The maximum Gasteiger partial charge on any atom is 0.317 e. The third-order valence-corrected chi connectivity index (χ3v) is 7.20. The highest BCUT2D eigenvalue weighted by Crippen LogP contribution is 2.48. The molecule has 12 nitrogen and oxygen atoms in total. The second-order valence-corrected chi connectivity index (χ2v) is 11.1. The van der Waals surface area contributed by atoms with Crippen molar-refractivity contribution in [2.45, 2.75) is 64.8 Å². The fourth-order valence-corrected chi connectivity index (χ4v) is 5.01. The lowest BCUT2D eigenvalue weighted by atomic mass is 9.91. The zero-order valence-corrected chi connectivity index (χ0v) is 22.3. The van der Waals surface area contributed by atoms with E-state index in [0.717, 1.165) is 35.4 Å². The highest BCUT2D eigenvalue weighted by molar-refractivity contribution is 6.00. The number of hydrogen-bond acceptors (Lipinski definition) is 9. The summed E-state index contributed by atoms with van der Waals surface area (Å²) in [5.41, 5.74) is 10.4. The molecular formula is C26H32N10O2. The van der Waals surface area contributed by atoms with Crippen molar-refractivity contribution >= 4 is 22.9 Å². The number of amides is 2. The number of carbonyl (C=O) groups is 1. The number of aryl methyl sites for hydroxylation is 1. The average molecular weight is 517 g/mol. The first-order valence-corrected chi connectivity index (χ1v) is 13.0. The number of nitrogens with zero attached hydrogens (tertiary/aromatic N) is 8. The molecule has 4 aromatic rings. The molecule has 6 rings (SSSR count). The summed E-state index contributed by atoms with van der Waals surface area (Å²) < 4.78 is 7.76. The Hall–Kier alpha value is -4.09. The Morgan fingerprint density at radius 1 is 1.16 bits per heavy atom. The number of rotatable bonds is 5. The number of carbonyl (C=O) groups excluding carboxylic acids is 1. The molecule has 3 N–H and O–H groups in total. The van der Waals surface area contributed by atoms with Crippen LogP contribution in [0.3, 0.4) is 0 Å². The summed E-state index contributed by atoms with van der Waals surface area (Å²) in [5.74, 6) is 2.12. The van der Waals surface area contributed by atoms with E-state index in [2.05, 4.69) is 41.2 Å². The topological polar surface area (TPSA) is 154 Å². The fourth-order valence-electron chi connectivity index (χ4n) is 5.01. The Morgan fingerprint density at radius 2 is 1.92 bits per heavy atom. The van der Waals surface area contributed by atoms with E-state index in [-0.39, 0.29) is 23.4 Å². The minimum atomic E-state index is -0.347. The van der Waals surface area contributed by atoms with Gasteiger partial charge in [-0.2, -0.15) is 5.10 Å². The minimum absolute atomic E-state index is 0.0349. The molecular weight excluding hydrogens is 484 g/mol. The lowest BCUT2D eigenvalue weighted by Gasteiger charge is -2.39. The summed E-state index contributed by atoms with van der Waals surface area (Å²) >= 11 is 0. The number of nitrogens with one attached hydrogen (secondary N) is 1. The molecule has 0 radical (unpaired) electrons. The molecule has 0 unspecified atom stereocenters. The average Bonchev–Trinajstić information content (AvgIpc) is 3.44. The van der Waals surface area contributed by atoms with Crippen LogP contribution in [-0.4, -0.2) is 65.4 Å². The van der Waals surface area contributed by atoms with Crippen molar-refractivity contribution in [1.82, 2.24) is 45.1 Å². The van der Waals surface area contributed by atoms with E-state index in [9.17, 15) is 4.79 Å². The molecule has 2 amide bonds. The van der Waals surface area contributed by atoms with Gasteiger partial charge in [-0.05, 0) is 53.0 Å². The quantitative estimate of drug-likeness (QED) is 0.405. The van der Waals surface area contributed by atoms with Crippen LogP contribution in [0.1, 0.15) is 69.4 Å². The summed E-state index contributed by atoms with van der Waals surface area (Å²) in [5, 5.41) is 12.9. The normalized spacial score (nSPS) is 16.2. The highest BCUT2D eigenvalue weighted by atomic mass is 16.5. The molecule has 1 aliphatic heterocycles. The first-order chi connectivity index (χ1) is 18.2. The lowest BCUT2D eigenvalue weighted by Crippen LogP contribution is -2.52. The van der Waals surface area contributed by atoms with Crippen molar-refractivity contribution in [1.29, 1.82) is 0 Å². The van der Waals surface area contributed by atoms with Crippen molar-refractivity contribution in [3.05, 3.63) is 29.5 Å². The first-order valence-electron chi connectivity index (χ1n) is 13.0. The molecule has 1 aliphatic carbocycles. The van der Waals surface area contributed by atoms with Crippen LogP contribution < -0.4 is 11.1 Å². The van der Waals surface area contributed by atoms with E-state index in [0.29, 0.717) is 53.7 Å². The van der Waals surface area contributed by atoms with Crippen molar-refractivity contribution < 1.29 is 9.32 Å². The Bertz CT molecular complexity index is 1540. The molecule has 4 aromatic heterocycles. The second kappa shape index (κ2) is 8.74. The Morgan fingerprint density at radius 3 is 2.58 bits per heavy atom. The third-order valence-electron chi connectivity index (χ3n) is 7.20. The molecule has 2 aliphatic rings. The maximum absolute atomic E-state index is 12.1. The van der Waals surface area contributed by atoms with E-state index in [1.165, 1.54) is 6.33 Å². The number of nitrogen functional groups attached to an aromatic ring is 1. The van der Waals surface area contributed by atoms with E-state index < -0.39 is 0 Å². The highest BCUT2D eigenvalue weighted by Gasteiger charge is 2.37. The molecule has 0 atom stereocenters. The van der Waals surface area contributed by atoms with Crippen LogP contribution in [0.5, 0.6) is 0 Å². The summed E-state index contributed by atoms with van der Waals surface area (Å²) in [7, 11) is 0. The Kier molecular flexibility index (Phi) is 5.58. The molecule has 1 saturated carbocycles. The van der Waals surface area contributed by atoms with Gasteiger partial charge < -0.3 is 20.5 Å². The van der Waals surface area contributed by atoms with Gasteiger partial charge in [-0.25, -0.2) is 29.4 Å². The van der Waals surface area contributed by atoms with Gasteiger partial charge in [0.15, 0.2) is 17.2 Å². The van der Waals surface area contributed by atoms with Gasteiger partial charge in [0.2, 0.25) is 0 Å². The summed E-state index contributed by atoms with van der Waals surface area (Å²) in [6.45, 7) is 12.0. The summed E-state index contributed by atoms with van der Waals surface area (Å²) in [6, 6.07) is -0.0349. The zero-order chi connectivity index (χ0) is 26.8. The number of aromatic nitrogens is 7. The number of fused-ring (bicyclic) bond motifs is 1. The van der Waals surface area contributed by atoms with Crippen LogP contribution in [0.25, 0.3) is 33.8 Å². The van der Waals surface area contributed by atoms with Crippen LogP contribution in [0.2, 0.25) is 0 Å². The number of urea groups is 1. The number of likely N-dealkylation sites (tertiary alicyclic amines) is 1. The van der Waals surface area contributed by atoms with Crippen LogP contribution >= 0.6 is 0 Å². The first kappa shape index (κ1) is 24.3. The monoisotopic (exact) mass is 516 g/mol. The van der Waals surface area contributed by atoms with E-state index in [4.69, 9.17) is 25.3 Å². The standard InChI is InChI=1S/C26H32N10O2/c1-6-28-25(37)35-10-15(11-35)16-9-29-23(32-13(16)2)17-20(34-38-21(17)14-7-8-14)19-18-22(27)30-12-31-24(18)36(33-19)26(3,4)5/h9,12,14-15H,6-8,10-11H2,1-5H3,(H,28,37)(H2,27,30,31). The van der Waals surface area contributed by atoms with Gasteiger partial charge in [0, 0.05) is 43.4 Å². The predicted octanol–water partition coefficient (Wildman–Crippen LogP) is 3.59. The van der Waals surface area contributed by atoms with Crippen LogP contribution in [0, 0.1) is 6.92 Å². The molecule has 5 heterocycles. The lowest BCUT2D eigenvalue weighted by molar-refractivity contribution is 0.151. The van der Waals surface area contributed by atoms with Crippen molar-refractivity contribution in [2.75, 3.05) is 25.4 Å². The Balaban J connectivity index is 1.42. The fraction of sp³-hybridized carbons (Fsp3) is 0.500. The van der Waals surface area contributed by atoms with Crippen molar-refractivity contribution in [2.24, 2.45) is 0 Å². The molecule has 198 valence electrons. The third kappa shape index (κ3) is 3.95. The van der Waals surface area contributed by atoms with Gasteiger partial charge in [-0.3, -0.25) is 0 Å². The second-order valence-electron chi connectivity index (χ2n) is 11.1. The van der Waals surface area contributed by atoms with E-state index >= 15 is 0 Å². The molecule has 2 fully saturated rings.